The predicted octanol–water partition coefficient (Wildman–Crippen LogP) is 4.22. The second-order valence-corrected chi connectivity index (χ2v) is 5.47. The Morgan fingerprint density at radius 2 is 2.18 bits per heavy atom. The maximum absolute atomic E-state index is 6.07. The number of hydrogen-bond acceptors (Lipinski definition) is 1. The van der Waals surface area contributed by atoms with Gasteiger partial charge in [-0.3, -0.25) is 0 Å². The average molecular weight is 252 g/mol. The second kappa shape index (κ2) is 5.88. The Morgan fingerprint density at radius 1 is 1.35 bits per heavy atom. The van der Waals surface area contributed by atoms with Gasteiger partial charge in [0.05, 0.1) is 0 Å². The van der Waals surface area contributed by atoms with Crippen molar-refractivity contribution in [3.05, 3.63) is 34.9 Å². The van der Waals surface area contributed by atoms with Crippen LogP contribution in [0.25, 0.3) is 0 Å². The molecule has 0 saturated heterocycles. The highest BCUT2D eigenvalue weighted by atomic mass is 35.5. The van der Waals surface area contributed by atoms with Gasteiger partial charge in [0.2, 0.25) is 0 Å². The molecular weight excluding hydrogens is 230 g/mol. The third-order valence-corrected chi connectivity index (χ3v) is 4.18. The lowest BCUT2D eigenvalue weighted by Crippen LogP contribution is -2.49. The summed E-state index contributed by atoms with van der Waals surface area (Å²) < 4.78 is 0. The molecule has 94 valence electrons. The lowest BCUT2D eigenvalue weighted by atomic mass is 9.65. The summed E-state index contributed by atoms with van der Waals surface area (Å²) in [6.45, 7) is 5.66. The number of nitrogens with one attached hydrogen (secondary N) is 1. The molecule has 1 fully saturated rings. The van der Waals surface area contributed by atoms with Crippen molar-refractivity contribution < 1.29 is 0 Å². The van der Waals surface area contributed by atoms with Crippen molar-refractivity contribution in [1.29, 1.82) is 0 Å². The first kappa shape index (κ1) is 12.9. The van der Waals surface area contributed by atoms with Crippen LogP contribution in [0.5, 0.6) is 0 Å². The van der Waals surface area contributed by atoms with Gasteiger partial charge in [-0.05, 0) is 48.9 Å². The standard InChI is InChI=1S/C15H22ClN/c1-3-8-17-15-10-14(13(15)4-2)11-6-5-7-12(16)9-11/h5-7,9,13-15,17H,3-4,8,10H2,1-2H3. The van der Waals surface area contributed by atoms with E-state index >= 15 is 0 Å². The normalized spacial score (nSPS) is 27.8. The van der Waals surface area contributed by atoms with Gasteiger partial charge in [-0.1, -0.05) is 44.0 Å². The molecule has 1 aromatic carbocycles. The van der Waals surface area contributed by atoms with Crippen LogP contribution in [0.1, 0.15) is 44.6 Å². The molecule has 3 unspecified atom stereocenters. The lowest BCUT2D eigenvalue weighted by molar-refractivity contribution is 0.161. The summed E-state index contributed by atoms with van der Waals surface area (Å²) in [7, 11) is 0. The first-order valence-corrected chi connectivity index (χ1v) is 7.12. The third kappa shape index (κ3) is 2.83. The largest absolute Gasteiger partial charge is 0.314 e. The van der Waals surface area contributed by atoms with E-state index in [1.54, 1.807) is 0 Å². The zero-order valence-electron chi connectivity index (χ0n) is 10.7. The minimum absolute atomic E-state index is 0.702. The molecule has 3 atom stereocenters. The molecule has 2 heteroatoms. The monoisotopic (exact) mass is 251 g/mol. The van der Waals surface area contributed by atoms with E-state index in [-0.39, 0.29) is 0 Å². The Bertz CT molecular complexity index is 364. The molecule has 2 rings (SSSR count). The van der Waals surface area contributed by atoms with Crippen LogP contribution >= 0.6 is 11.6 Å². The van der Waals surface area contributed by atoms with Gasteiger partial charge in [0.1, 0.15) is 0 Å². The van der Waals surface area contributed by atoms with Crippen molar-refractivity contribution in [3.8, 4) is 0 Å². The van der Waals surface area contributed by atoms with Crippen LogP contribution in [0.4, 0.5) is 0 Å². The molecule has 1 aliphatic rings. The highest BCUT2D eigenvalue weighted by Gasteiger charge is 2.39. The molecule has 0 spiro atoms. The minimum Gasteiger partial charge on any atom is -0.314 e. The molecule has 1 nitrogen and oxygen atoms in total. The zero-order valence-corrected chi connectivity index (χ0v) is 11.5. The van der Waals surface area contributed by atoms with E-state index in [1.807, 2.05) is 6.07 Å². The number of hydrogen-bond donors (Lipinski definition) is 1. The molecule has 1 N–H and O–H groups in total. The molecular formula is C15H22ClN. The van der Waals surface area contributed by atoms with Crippen molar-refractivity contribution in [2.24, 2.45) is 5.92 Å². The molecule has 1 aliphatic carbocycles. The smallest absolute Gasteiger partial charge is 0.0408 e. The second-order valence-electron chi connectivity index (χ2n) is 5.03. The number of benzene rings is 1. The van der Waals surface area contributed by atoms with Crippen molar-refractivity contribution in [1.82, 2.24) is 5.32 Å². The van der Waals surface area contributed by atoms with Crippen LogP contribution in [0.3, 0.4) is 0 Å². The first-order valence-electron chi connectivity index (χ1n) is 6.75. The maximum atomic E-state index is 6.07. The van der Waals surface area contributed by atoms with Gasteiger partial charge < -0.3 is 5.32 Å². The van der Waals surface area contributed by atoms with Crippen LogP contribution < -0.4 is 5.32 Å². The van der Waals surface area contributed by atoms with Crippen molar-refractivity contribution in [2.75, 3.05) is 6.54 Å². The van der Waals surface area contributed by atoms with E-state index < -0.39 is 0 Å². The van der Waals surface area contributed by atoms with E-state index in [9.17, 15) is 0 Å². The molecule has 17 heavy (non-hydrogen) atoms. The van der Waals surface area contributed by atoms with Crippen LogP contribution in [0, 0.1) is 5.92 Å². The Kier molecular flexibility index (Phi) is 4.47. The molecule has 0 aromatic heterocycles. The number of halogens is 1. The summed E-state index contributed by atoms with van der Waals surface area (Å²) in [4.78, 5) is 0. The van der Waals surface area contributed by atoms with Crippen LogP contribution in [0.2, 0.25) is 5.02 Å². The van der Waals surface area contributed by atoms with Gasteiger partial charge in [0.15, 0.2) is 0 Å². The van der Waals surface area contributed by atoms with Gasteiger partial charge in [-0.15, -0.1) is 0 Å². The third-order valence-electron chi connectivity index (χ3n) is 3.95. The van der Waals surface area contributed by atoms with Crippen molar-refractivity contribution >= 4 is 11.6 Å². The Morgan fingerprint density at radius 3 is 2.82 bits per heavy atom. The van der Waals surface area contributed by atoms with E-state index in [4.69, 9.17) is 11.6 Å². The van der Waals surface area contributed by atoms with Gasteiger partial charge in [-0.25, -0.2) is 0 Å². The van der Waals surface area contributed by atoms with Crippen LogP contribution in [0.15, 0.2) is 24.3 Å². The quantitative estimate of drug-likeness (QED) is 0.826. The van der Waals surface area contributed by atoms with Gasteiger partial charge in [0.25, 0.3) is 0 Å². The van der Waals surface area contributed by atoms with E-state index in [0.29, 0.717) is 12.0 Å². The van der Waals surface area contributed by atoms with Crippen LogP contribution in [-0.2, 0) is 0 Å². The fraction of sp³-hybridized carbons (Fsp3) is 0.600. The minimum atomic E-state index is 0.702. The molecule has 0 radical (unpaired) electrons. The number of rotatable bonds is 5. The lowest BCUT2D eigenvalue weighted by Gasteiger charge is -2.45. The summed E-state index contributed by atoms with van der Waals surface area (Å²) in [5.74, 6) is 1.48. The fourth-order valence-corrected chi connectivity index (χ4v) is 3.16. The van der Waals surface area contributed by atoms with Gasteiger partial charge in [-0.2, -0.15) is 0 Å². The first-order chi connectivity index (χ1) is 8.26. The van der Waals surface area contributed by atoms with E-state index in [2.05, 4.69) is 37.4 Å². The molecule has 0 amide bonds. The topological polar surface area (TPSA) is 12.0 Å². The Hall–Kier alpha value is -0.530. The zero-order chi connectivity index (χ0) is 12.3. The summed E-state index contributed by atoms with van der Waals surface area (Å²) >= 11 is 6.07. The average Bonchev–Trinajstić information content (AvgIpc) is 2.28. The van der Waals surface area contributed by atoms with Crippen LogP contribution in [-0.4, -0.2) is 12.6 Å². The molecule has 0 bridgehead atoms. The molecule has 1 saturated carbocycles. The summed E-state index contributed by atoms with van der Waals surface area (Å²) in [5.41, 5.74) is 1.42. The Labute approximate surface area is 110 Å². The molecule has 1 aromatic rings. The van der Waals surface area contributed by atoms with E-state index in [0.717, 1.165) is 17.5 Å². The SMILES string of the molecule is CCCNC1CC(c2cccc(Cl)c2)C1CC. The van der Waals surface area contributed by atoms with Gasteiger partial charge in [0, 0.05) is 11.1 Å². The van der Waals surface area contributed by atoms with Gasteiger partial charge >= 0.3 is 0 Å². The highest BCUT2D eigenvalue weighted by molar-refractivity contribution is 6.30. The summed E-state index contributed by atoms with van der Waals surface area (Å²) in [6, 6.07) is 9.08. The molecule has 0 aliphatic heterocycles. The fourth-order valence-electron chi connectivity index (χ4n) is 2.96. The van der Waals surface area contributed by atoms with Crippen molar-refractivity contribution in [3.63, 3.8) is 0 Å². The summed E-state index contributed by atoms with van der Waals surface area (Å²) in [5, 5.41) is 4.51. The summed E-state index contributed by atoms with van der Waals surface area (Å²) in [6.07, 6.45) is 3.73. The highest BCUT2D eigenvalue weighted by Crippen LogP contribution is 2.44. The predicted molar refractivity (Wildman–Crippen MR) is 74.7 cm³/mol. The Balaban J connectivity index is 2.00. The molecule has 0 heterocycles. The maximum Gasteiger partial charge on any atom is 0.0408 e. The van der Waals surface area contributed by atoms with Crippen molar-refractivity contribution in [2.45, 2.75) is 45.1 Å². The van der Waals surface area contributed by atoms with E-state index in [1.165, 1.54) is 24.8 Å².